The Hall–Kier alpha value is -2.25. The summed E-state index contributed by atoms with van der Waals surface area (Å²) in [4.78, 5) is 19.9. The number of amides is 1. The number of nitrogens with zero attached hydrogens (tertiary/aromatic N) is 3. The van der Waals surface area contributed by atoms with Crippen molar-refractivity contribution in [3.63, 3.8) is 0 Å². The Morgan fingerprint density at radius 2 is 1.81 bits per heavy atom. The molecule has 1 aromatic rings. The molecule has 0 saturated carbocycles. The Morgan fingerprint density at radius 1 is 1.25 bits per heavy atom. The van der Waals surface area contributed by atoms with Crippen molar-refractivity contribution in [1.29, 1.82) is 0 Å². The summed E-state index contributed by atoms with van der Waals surface area (Å²) in [6.07, 6.45) is -0.619. The number of hydrogen-bond acceptors (Lipinski definition) is 7. The molecule has 88 valence electrons. The van der Waals surface area contributed by atoms with Crippen molar-refractivity contribution in [2.45, 2.75) is 0 Å². The summed E-state index contributed by atoms with van der Waals surface area (Å²) in [6.45, 7) is 0. The molecule has 0 aromatic carbocycles. The Morgan fingerprint density at radius 3 is 2.31 bits per heavy atom. The Labute approximate surface area is 92.2 Å². The highest BCUT2D eigenvalue weighted by atomic mass is 16.6. The largest absolute Gasteiger partial charge is 0.479 e. The number of carbonyl (C=O) groups is 1. The summed E-state index contributed by atoms with van der Waals surface area (Å²) >= 11 is 0. The van der Waals surface area contributed by atoms with Gasteiger partial charge in [-0.05, 0) is 0 Å². The van der Waals surface area contributed by atoms with Crippen molar-refractivity contribution < 1.29 is 14.3 Å². The van der Waals surface area contributed by atoms with E-state index in [0.717, 1.165) is 0 Å². The molecule has 1 rings (SSSR count). The lowest BCUT2D eigenvalue weighted by Gasteiger charge is -2.12. The van der Waals surface area contributed by atoms with Crippen LogP contribution in [0.15, 0.2) is 0 Å². The molecule has 1 amide bonds. The molecule has 0 unspecified atom stereocenters. The van der Waals surface area contributed by atoms with Crippen molar-refractivity contribution in [1.82, 2.24) is 14.9 Å². The molecule has 0 bridgehead atoms. The molecule has 1 aromatic heterocycles. The van der Waals surface area contributed by atoms with Crippen LogP contribution in [-0.2, 0) is 0 Å². The van der Waals surface area contributed by atoms with E-state index in [4.69, 9.17) is 20.9 Å². The predicted octanol–water partition coefficient (Wildman–Crippen LogP) is -0.290. The van der Waals surface area contributed by atoms with Crippen LogP contribution in [0.2, 0.25) is 0 Å². The molecule has 0 aliphatic carbocycles. The molecule has 0 spiro atoms. The summed E-state index contributed by atoms with van der Waals surface area (Å²) < 4.78 is 9.73. The van der Waals surface area contributed by atoms with Crippen LogP contribution in [0.1, 0.15) is 0 Å². The average molecular weight is 227 g/mol. The molecular weight excluding hydrogens is 214 g/mol. The second-order valence-electron chi connectivity index (χ2n) is 3.07. The van der Waals surface area contributed by atoms with Gasteiger partial charge in [0.15, 0.2) is 5.69 Å². The van der Waals surface area contributed by atoms with Crippen LogP contribution < -0.4 is 20.9 Å². The van der Waals surface area contributed by atoms with Crippen LogP contribution in [0.25, 0.3) is 0 Å². The first kappa shape index (κ1) is 11.8. The molecule has 0 saturated heterocycles. The van der Waals surface area contributed by atoms with Crippen molar-refractivity contribution in [3.8, 4) is 11.8 Å². The van der Waals surface area contributed by atoms with Gasteiger partial charge < -0.3 is 25.8 Å². The minimum absolute atomic E-state index is 0.0203. The first-order chi connectivity index (χ1) is 7.45. The van der Waals surface area contributed by atoms with E-state index in [9.17, 15) is 4.79 Å². The Kier molecular flexibility index (Phi) is 3.33. The molecule has 1 heterocycles. The van der Waals surface area contributed by atoms with Crippen LogP contribution in [0.5, 0.6) is 11.8 Å². The summed E-state index contributed by atoms with van der Waals surface area (Å²) in [6, 6.07) is 0. The van der Waals surface area contributed by atoms with Gasteiger partial charge in [0.2, 0.25) is 11.8 Å². The second-order valence-corrected chi connectivity index (χ2v) is 3.07. The van der Waals surface area contributed by atoms with E-state index in [-0.39, 0.29) is 23.4 Å². The van der Waals surface area contributed by atoms with Gasteiger partial charge in [0, 0.05) is 14.1 Å². The van der Waals surface area contributed by atoms with Gasteiger partial charge in [0.25, 0.3) is 5.88 Å². The standard InChI is InChI=1S/C8H13N5O3/c1-13(2)8(14)16-6-4(9)5(15-3)11-7(10)12-6/h9H2,1-3H3,(H2,10,11,12). The SMILES string of the molecule is COc1nc(N)nc(OC(=O)N(C)C)c1N. The normalized spacial score (nSPS) is 9.69. The highest BCUT2D eigenvalue weighted by Crippen LogP contribution is 2.28. The van der Waals surface area contributed by atoms with Crippen molar-refractivity contribution in [2.75, 3.05) is 32.7 Å². The number of carbonyl (C=O) groups excluding carboxylic acids is 1. The van der Waals surface area contributed by atoms with Crippen LogP contribution >= 0.6 is 0 Å². The smallest absolute Gasteiger partial charge is 0.416 e. The average Bonchev–Trinajstić information content (AvgIpc) is 2.22. The third kappa shape index (κ3) is 2.41. The summed E-state index contributed by atoms with van der Waals surface area (Å²) in [5.74, 6) is -0.148. The van der Waals surface area contributed by atoms with E-state index < -0.39 is 6.09 Å². The van der Waals surface area contributed by atoms with Gasteiger partial charge >= 0.3 is 6.09 Å². The number of aromatic nitrogens is 2. The summed E-state index contributed by atoms with van der Waals surface area (Å²) in [5, 5.41) is 0. The van der Waals surface area contributed by atoms with E-state index in [1.54, 1.807) is 0 Å². The highest BCUT2D eigenvalue weighted by molar-refractivity contribution is 5.72. The van der Waals surface area contributed by atoms with Gasteiger partial charge in [-0.25, -0.2) is 4.79 Å². The van der Waals surface area contributed by atoms with Gasteiger partial charge in [-0.3, -0.25) is 0 Å². The summed E-state index contributed by atoms with van der Waals surface area (Å²) in [5.41, 5.74) is 11.0. The molecule has 0 radical (unpaired) electrons. The van der Waals surface area contributed by atoms with Crippen LogP contribution in [0.3, 0.4) is 0 Å². The lowest BCUT2D eigenvalue weighted by molar-refractivity contribution is 0.170. The number of nitrogen functional groups attached to an aromatic ring is 2. The number of nitrogens with two attached hydrogens (primary N) is 2. The van der Waals surface area contributed by atoms with Gasteiger partial charge in [-0.1, -0.05) is 0 Å². The lowest BCUT2D eigenvalue weighted by Crippen LogP contribution is -2.26. The lowest BCUT2D eigenvalue weighted by atomic mass is 10.5. The van der Waals surface area contributed by atoms with E-state index in [0.29, 0.717) is 0 Å². The van der Waals surface area contributed by atoms with Crippen LogP contribution in [0, 0.1) is 0 Å². The number of methoxy groups -OCH3 is 1. The summed E-state index contributed by atoms with van der Waals surface area (Å²) in [7, 11) is 4.43. The molecule has 4 N–H and O–H groups in total. The first-order valence-corrected chi connectivity index (χ1v) is 4.31. The number of rotatable bonds is 2. The zero-order valence-electron chi connectivity index (χ0n) is 9.22. The molecular formula is C8H13N5O3. The van der Waals surface area contributed by atoms with Crippen LogP contribution in [0.4, 0.5) is 16.4 Å². The molecule has 0 aliphatic rings. The Bertz CT molecular complexity index is 407. The molecule has 8 heteroatoms. The third-order valence-corrected chi connectivity index (χ3v) is 1.64. The molecule has 0 fully saturated rings. The maximum absolute atomic E-state index is 11.3. The van der Waals surface area contributed by atoms with Crippen molar-refractivity contribution in [3.05, 3.63) is 0 Å². The molecule has 0 aliphatic heterocycles. The van der Waals surface area contributed by atoms with Gasteiger partial charge in [0.1, 0.15) is 0 Å². The Balaban J connectivity index is 3.04. The van der Waals surface area contributed by atoms with Crippen molar-refractivity contribution >= 4 is 17.7 Å². The first-order valence-electron chi connectivity index (χ1n) is 4.31. The fraction of sp³-hybridized carbons (Fsp3) is 0.375. The second kappa shape index (κ2) is 4.51. The predicted molar refractivity (Wildman–Crippen MR) is 57.1 cm³/mol. The maximum Gasteiger partial charge on any atom is 0.416 e. The fourth-order valence-corrected chi connectivity index (χ4v) is 0.852. The van der Waals surface area contributed by atoms with Gasteiger partial charge in [0.05, 0.1) is 7.11 Å². The third-order valence-electron chi connectivity index (χ3n) is 1.64. The zero-order chi connectivity index (χ0) is 12.3. The monoisotopic (exact) mass is 227 g/mol. The minimum atomic E-state index is -0.619. The minimum Gasteiger partial charge on any atom is -0.479 e. The van der Waals surface area contributed by atoms with Crippen molar-refractivity contribution in [2.24, 2.45) is 0 Å². The number of hydrogen-bond donors (Lipinski definition) is 2. The van der Waals surface area contributed by atoms with Gasteiger partial charge in [-0.15, -0.1) is 0 Å². The van der Waals surface area contributed by atoms with E-state index >= 15 is 0 Å². The molecule has 8 nitrogen and oxygen atoms in total. The van der Waals surface area contributed by atoms with Gasteiger partial charge in [-0.2, -0.15) is 9.97 Å². The number of ether oxygens (including phenoxy) is 2. The number of anilines is 2. The van der Waals surface area contributed by atoms with E-state index in [2.05, 4.69) is 9.97 Å². The van der Waals surface area contributed by atoms with E-state index in [1.807, 2.05) is 0 Å². The highest BCUT2D eigenvalue weighted by Gasteiger charge is 2.16. The zero-order valence-corrected chi connectivity index (χ0v) is 9.22. The molecule has 16 heavy (non-hydrogen) atoms. The topological polar surface area (TPSA) is 117 Å². The molecule has 0 atom stereocenters. The van der Waals surface area contributed by atoms with E-state index in [1.165, 1.54) is 26.1 Å². The van der Waals surface area contributed by atoms with Crippen LogP contribution in [-0.4, -0.2) is 42.2 Å². The fourth-order valence-electron chi connectivity index (χ4n) is 0.852. The maximum atomic E-state index is 11.3. The quantitative estimate of drug-likeness (QED) is 0.712.